The first-order valence-electron chi connectivity index (χ1n) is 4.67. The van der Waals surface area contributed by atoms with Crippen molar-refractivity contribution in [3.05, 3.63) is 29.6 Å². The minimum Gasteiger partial charge on any atom is -0.478 e. The molecule has 2 aromatic rings. The van der Waals surface area contributed by atoms with Gasteiger partial charge in [-0.1, -0.05) is 13.8 Å². The van der Waals surface area contributed by atoms with Gasteiger partial charge in [-0.15, -0.1) is 0 Å². The SMILES string of the molecule is CC(C)c1cnn2ncc(C(=O)O)c2c1. The Kier molecular flexibility index (Phi) is 2.15. The van der Waals surface area contributed by atoms with Gasteiger partial charge in [0, 0.05) is 0 Å². The van der Waals surface area contributed by atoms with Gasteiger partial charge in [-0.3, -0.25) is 0 Å². The average molecular weight is 205 g/mol. The molecule has 15 heavy (non-hydrogen) atoms. The first-order chi connectivity index (χ1) is 7.09. The molecule has 0 atom stereocenters. The van der Waals surface area contributed by atoms with Crippen LogP contribution < -0.4 is 0 Å². The second kappa shape index (κ2) is 3.34. The summed E-state index contributed by atoms with van der Waals surface area (Å²) in [5.74, 6) is -0.660. The van der Waals surface area contributed by atoms with Crippen LogP contribution in [0.1, 0.15) is 35.7 Å². The third-order valence-electron chi connectivity index (χ3n) is 2.30. The monoisotopic (exact) mass is 205 g/mol. The Labute approximate surface area is 86.3 Å². The Hall–Kier alpha value is -1.91. The first-order valence-corrected chi connectivity index (χ1v) is 4.67. The van der Waals surface area contributed by atoms with Crippen LogP contribution in [0.3, 0.4) is 0 Å². The summed E-state index contributed by atoms with van der Waals surface area (Å²) >= 11 is 0. The van der Waals surface area contributed by atoms with E-state index < -0.39 is 5.97 Å². The van der Waals surface area contributed by atoms with Gasteiger partial charge < -0.3 is 5.11 Å². The fourth-order valence-corrected chi connectivity index (χ4v) is 1.37. The zero-order valence-electron chi connectivity index (χ0n) is 8.51. The van der Waals surface area contributed by atoms with E-state index in [4.69, 9.17) is 5.11 Å². The van der Waals surface area contributed by atoms with Crippen molar-refractivity contribution in [2.75, 3.05) is 0 Å². The molecule has 0 fully saturated rings. The van der Waals surface area contributed by atoms with Crippen LogP contribution in [0.5, 0.6) is 0 Å². The number of hydrogen-bond acceptors (Lipinski definition) is 3. The van der Waals surface area contributed by atoms with Crippen molar-refractivity contribution in [3.63, 3.8) is 0 Å². The third-order valence-corrected chi connectivity index (χ3v) is 2.30. The molecular weight excluding hydrogens is 194 g/mol. The molecule has 5 heteroatoms. The van der Waals surface area contributed by atoms with E-state index in [0.29, 0.717) is 11.4 Å². The molecule has 0 aliphatic heterocycles. The Balaban J connectivity index is 2.66. The van der Waals surface area contributed by atoms with Crippen LogP contribution in [-0.2, 0) is 0 Å². The lowest BCUT2D eigenvalue weighted by atomic mass is 10.1. The second-order valence-corrected chi connectivity index (χ2v) is 3.68. The molecule has 5 nitrogen and oxygen atoms in total. The van der Waals surface area contributed by atoms with Crippen LogP contribution in [0.15, 0.2) is 18.5 Å². The largest absolute Gasteiger partial charge is 0.478 e. The molecule has 2 rings (SSSR count). The second-order valence-electron chi connectivity index (χ2n) is 3.68. The van der Waals surface area contributed by atoms with Gasteiger partial charge in [-0.05, 0) is 17.5 Å². The molecule has 0 spiro atoms. The van der Waals surface area contributed by atoms with E-state index in [1.807, 2.05) is 19.9 Å². The summed E-state index contributed by atoms with van der Waals surface area (Å²) in [6, 6.07) is 1.81. The zero-order chi connectivity index (χ0) is 11.0. The standard InChI is InChI=1S/C10H11N3O2/c1-6(2)7-3-9-8(10(14)15)5-12-13(9)11-4-7/h3-6H,1-2H3,(H,14,15). The van der Waals surface area contributed by atoms with E-state index in [2.05, 4.69) is 10.2 Å². The zero-order valence-corrected chi connectivity index (χ0v) is 8.51. The lowest BCUT2D eigenvalue weighted by Crippen LogP contribution is -2.00. The van der Waals surface area contributed by atoms with Crippen molar-refractivity contribution >= 4 is 11.5 Å². The van der Waals surface area contributed by atoms with Crippen LogP contribution in [0.4, 0.5) is 0 Å². The summed E-state index contributed by atoms with van der Waals surface area (Å²) in [6.07, 6.45) is 3.02. The molecule has 2 heterocycles. The lowest BCUT2D eigenvalue weighted by molar-refractivity contribution is 0.0699. The molecule has 0 aliphatic carbocycles. The Morgan fingerprint density at radius 2 is 2.07 bits per heavy atom. The molecule has 0 saturated heterocycles. The van der Waals surface area contributed by atoms with Gasteiger partial charge in [0.25, 0.3) is 0 Å². The fraction of sp³-hybridized carbons (Fsp3) is 0.300. The number of carbonyl (C=O) groups is 1. The number of fused-ring (bicyclic) bond motifs is 1. The third kappa shape index (κ3) is 1.56. The minimum atomic E-state index is -0.979. The quantitative estimate of drug-likeness (QED) is 0.807. The van der Waals surface area contributed by atoms with Gasteiger partial charge in [0.05, 0.1) is 12.4 Å². The van der Waals surface area contributed by atoms with E-state index in [1.54, 1.807) is 6.20 Å². The Morgan fingerprint density at radius 3 is 2.67 bits per heavy atom. The molecule has 0 amide bonds. The maximum absolute atomic E-state index is 10.9. The molecule has 0 unspecified atom stereocenters. The maximum atomic E-state index is 10.9. The number of aromatic carboxylic acids is 1. The highest BCUT2D eigenvalue weighted by molar-refractivity contribution is 5.95. The van der Waals surface area contributed by atoms with Crippen molar-refractivity contribution in [1.82, 2.24) is 14.8 Å². The Morgan fingerprint density at radius 1 is 1.40 bits per heavy atom. The van der Waals surface area contributed by atoms with Gasteiger partial charge in [-0.25, -0.2) is 4.79 Å². The topological polar surface area (TPSA) is 67.5 Å². The summed E-state index contributed by atoms with van der Waals surface area (Å²) in [5.41, 5.74) is 1.73. The van der Waals surface area contributed by atoms with Gasteiger partial charge in [0.15, 0.2) is 0 Å². The van der Waals surface area contributed by atoms with Crippen molar-refractivity contribution in [1.29, 1.82) is 0 Å². The molecule has 2 aromatic heterocycles. The summed E-state index contributed by atoms with van der Waals surface area (Å²) < 4.78 is 1.33. The van der Waals surface area contributed by atoms with Crippen molar-refractivity contribution < 1.29 is 9.90 Å². The first kappa shape index (κ1) is 9.64. The normalized spacial score (nSPS) is 11.1. The van der Waals surface area contributed by atoms with Crippen molar-refractivity contribution in [3.8, 4) is 0 Å². The van der Waals surface area contributed by atoms with Gasteiger partial charge in [-0.2, -0.15) is 14.8 Å². The van der Waals surface area contributed by atoms with Crippen LogP contribution >= 0.6 is 0 Å². The molecule has 1 N–H and O–H groups in total. The predicted molar refractivity (Wildman–Crippen MR) is 54.0 cm³/mol. The summed E-state index contributed by atoms with van der Waals surface area (Å²) in [6.45, 7) is 4.06. The average Bonchev–Trinajstić information content (AvgIpc) is 2.59. The van der Waals surface area contributed by atoms with Gasteiger partial charge in [0.1, 0.15) is 11.1 Å². The summed E-state index contributed by atoms with van der Waals surface area (Å²) in [4.78, 5) is 10.9. The number of nitrogens with zero attached hydrogens (tertiary/aromatic N) is 3. The molecule has 0 radical (unpaired) electrons. The summed E-state index contributed by atoms with van der Waals surface area (Å²) in [7, 11) is 0. The molecular formula is C10H11N3O2. The van der Waals surface area contributed by atoms with Crippen molar-refractivity contribution in [2.45, 2.75) is 19.8 Å². The minimum absolute atomic E-state index is 0.185. The van der Waals surface area contributed by atoms with Gasteiger partial charge in [0.2, 0.25) is 0 Å². The number of carboxylic acid groups (broad SMARTS) is 1. The predicted octanol–water partition coefficient (Wildman–Crippen LogP) is 1.55. The van der Waals surface area contributed by atoms with Crippen LogP contribution in [-0.4, -0.2) is 25.9 Å². The molecule has 0 saturated carbocycles. The highest BCUT2D eigenvalue weighted by atomic mass is 16.4. The molecule has 0 bridgehead atoms. The number of rotatable bonds is 2. The van der Waals surface area contributed by atoms with Crippen LogP contribution in [0.25, 0.3) is 5.52 Å². The maximum Gasteiger partial charge on any atom is 0.339 e. The van der Waals surface area contributed by atoms with E-state index in [0.717, 1.165) is 5.56 Å². The number of hydrogen-bond donors (Lipinski definition) is 1. The smallest absolute Gasteiger partial charge is 0.339 e. The van der Waals surface area contributed by atoms with E-state index in [-0.39, 0.29) is 5.56 Å². The highest BCUT2D eigenvalue weighted by Gasteiger charge is 2.12. The van der Waals surface area contributed by atoms with Gasteiger partial charge >= 0.3 is 5.97 Å². The highest BCUT2D eigenvalue weighted by Crippen LogP contribution is 2.17. The van der Waals surface area contributed by atoms with E-state index in [9.17, 15) is 4.79 Å². The number of carboxylic acids is 1. The molecule has 78 valence electrons. The molecule has 0 aliphatic rings. The van der Waals surface area contributed by atoms with Crippen molar-refractivity contribution in [2.24, 2.45) is 0 Å². The van der Waals surface area contributed by atoms with Crippen LogP contribution in [0, 0.1) is 0 Å². The molecule has 0 aromatic carbocycles. The lowest BCUT2D eigenvalue weighted by Gasteiger charge is -2.04. The van der Waals surface area contributed by atoms with Crippen LogP contribution in [0.2, 0.25) is 0 Å². The fourth-order valence-electron chi connectivity index (χ4n) is 1.37. The van der Waals surface area contributed by atoms with E-state index >= 15 is 0 Å². The van der Waals surface area contributed by atoms with E-state index in [1.165, 1.54) is 10.8 Å². The Bertz CT molecular complexity index is 516. The summed E-state index contributed by atoms with van der Waals surface area (Å²) in [5, 5.41) is 16.8. The number of aromatic nitrogens is 3.